The molecule has 2 N–H and O–H groups in total. The molecule has 5 nitrogen and oxygen atoms in total. The van der Waals surface area contributed by atoms with Gasteiger partial charge in [0.25, 0.3) is 0 Å². The van der Waals surface area contributed by atoms with E-state index in [4.69, 9.17) is 0 Å². The van der Waals surface area contributed by atoms with Gasteiger partial charge >= 0.3 is 0 Å². The van der Waals surface area contributed by atoms with E-state index in [9.17, 15) is 19.8 Å². The first-order chi connectivity index (χ1) is 17.5. The van der Waals surface area contributed by atoms with E-state index in [1.165, 1.54) is 17.3 Å². The maximum atomic E-state index is 13.4. The smallest absolute Gasteiger partial charge is 0.224 e. The van der Waals surface area contributed by atoms with Crippen LogP contribution in [0.4, 0.5) is 5.69 Å². The molecule has 6 heteroatoms. The lowest BCUT2D eigenvalue weighted by Crippen LogP contribution is -2.37. The molecule has 1 saturated heterocycles. The number of ketones is 1. The van der Waals surface area contributed by atoms with Crippen molar-refractivity contribution in [3.05, 3.63) is 75.9 Å². The van der Waals surface area contributed by atoms with E-state index >= 15 is 0 Å². The van der Waals surface area contributed by atoms with Gasteiger partial charge in [-0.05, 0) is 70.6 Å². The Hall–Kier alpha value is -3.19. The second kappa shape index (κ2) is 6.20. The first-order valence-electron chi connectivity index (χ1n) is 12.5. The minimum absolute atomic E-state index is 0.0199. The summed E-state index contributed by atoms with van der Waals surface area (Å²) >= 11 is 1.17. The molecule has 0 spiro atoms. The number of carbonyl (C=O) groups excluding carboxylic acids is 2. The zero-order valence-electron chi connectivity index (χ0n) is 19.4. The molecule has 3 aliphatic heterocycles. The molecule has 176 valence electrons. The number of hydrogen-bond donors (Lipinski definition) is 2. The van der Waals surface area contributed by atoms with Gasteiger partial charge in [0.2, 0.25) is 5.12 Å². The van der Waals surface area contributed by atoms with Crippen molar-refractivity contribution in [3.63, 3.8) is 0 Å². The molecular formula is C30H21NO4S. The van der Waals surface area contributed by atoms with E-state index in [0.717, 1.165) is 55.7 Å². The molecule has 3 aromatic carbocycles. The van der Waals surface area contributed by atoms with Crippen molar-refractivity contribution in [1.82, 2.24) is 0 Å². The number of nitrogens with zero attached hydrogens (tertiary/aromatic N) is 1. The van der Waals surface area contributed by atoms with Crippen molar-refractivity contribution in [2.24, 2.45) is 11.8 Å². The summed E-state index contributed by atoms with van der Waals surface area (Å²) in [5, 5.41) is 23.6. The van der Waals surface area contributed by atoms with E-state index in [1.54, 1.807) is 6.08 Å². The van der Waals surface area contributed by atoms with Crippen LogP contribution in [0.15, 0.2) is 53.0 Å². The van der Waals surface area contributed by atoms with Crippen LogP contribution in [0.2, 0.25) is 0 Å². The highest BCUT2D eigenvalue weighted by atomic mass is 32.2. The second-order valence-corrected chi connectivity index (χ2v) is 11.9. The molecule has 0 unspecified atom stereocenters. The second-order valence-electron chi connectivity index (χ2n) is 11.0. The average Bonchev–Trinajstić information content (AvgIpc) is 3.32. The topological polar surface area (TPSA) is 77.8 Å². The highest BCUT2D eigenvalue weighted by Gasteiger charge is 2.57. The third-order valence-corrected chi connectivity index (χ3v) is 10.5. The van der Waals surface area contributed by atoms with Crippen molar-refractivity contribution < 1.29 is 19.8 Å². The highest BCUT2D eigenvalue weighted by molar-refractivity contribution is 8.14. The maximum absolute atomic E-state index is 13.4. The van der Waals surface area contributed by atoms with Gasteiger partial charge in [0.05, 0.1) is 12.0 Å². The number of thioether (sulfide) groups is 1. The number of anilines is 1. The van der Waals surface area contributed by atoms with Crippen LogP contribution in [0.25, 0.3) is 28.0 Å². The van der Waals surface area contributed by atoms with E-state index < -0.39 is 12.2 Å². The molecular weight excluding hydrogens is 470 g/mol. The molecule has 4 bridgehead atoms. The Bertz CT molecular complexity index is 1720. The summed E-state index contributed by atoms with van der Waals surface area (Å²) < 4.78 is 0. The Labute approximate surface area is 211 Å². The molecule has 0 amide bonds. The Balaban J connectivity index is 1.52. The average molecular weight is 492 g/mol. The van der Waals surface area contributed by atoms with Crippen LogP contribution in [0.1, 0.15) is 57.6 Å². The molecule has 0 saturated carbocycles. The number of fused-ring (bicyclic) bond motifs is 6. The quantitative estimate of drug-likeness (QED) is 0.466. The van der Waals surface area contributed by atoms with Crippen LogP contribution in [0, 0.1) is 11.8 Å². The summed E-state index contributed by atoms with van der Waals surface area (Å²) in [6.45, 7) is 2.90. The van der Waals surface area contributed by atoms with Gasteiger partial charge in [0.15, 0.2) is 5.78 Å². The molecule has 0 aromatic heterocycles. The Kier molecular flexibility index (Phi) is 3.43. The van der Waals surface area contributed by atoms with Gasteiger partial charge < -0.3 is 15.1 Å². The first-order valence-corrected chi connectivity index (χ1v) is 13.3. The van der Waals surface area contributed by atoms with Crippen molar-refractivity contribution in [3.8, 4) is 11.1 Å². The number of rotatable bonds is 0. The van der Waals surface area contributed by atoms with Gasteiger partial charge in [-0.1, -0.05) is 35.9 Å². The number of aliphatic hydroxyl groups is 2. The minimum atomic E-state index is -1.10. The van der Waals surface area contributed by atoms with Crippen LogP contribution >= 0.6 is 11.8 Å². The summed E-state index contributed by atoms with van der Waals surface area (Å²) in [6, 6.07) is 10.5. The molecule has 3 aliphatic carbocycles. The van der Waals surface area contributed by atoms with Gasteiger partial charge in [0.1, 0.15) is 12.2 Å². The number of aliphatic hydroxyl groups excluding tert-OH is 2. The van der Waals surface area contributed by atoms with Crippen molar-refractivity contribution in [2.45, 2.75) is 36.0 Å². The van der Waals surface area contributed by atoms with E-state index in [2.05, 4.69) is 36.1 Å². The summed E-state index contributed by atoms with van der Waals surface area (Å²) in [4.78, 5) is 29.8. The molecule has 0 radical (unpaired) electrons. The maximum Gasteiger partial charge on any atom is 0.224 e. The highest BCUT2D eigenvalue weighted by Crippen LogP contribution is 2.65. The Morgan fingerprint density at radius 2 is 1.89 bits per heavy atom. The summed E-state index contributed by atoms with van der Waals surface area (Å²) in [5.41, 5.74) is 8.86. The van der Waals surface area contributed by atoms with Crippen LogP contribution < -0.4 is 4.90 Å². The van der Waals surface area contributed by atoms with Gasteiger partial charge in [-0.3, -0.25) is 9.59 Å². The minimum Gasteiger partial charge on any atom is -0.386 e. The lowest BCUT2D eigenvalue weighted by molar-refractivity contribution is -0.118. The Morgan fingerprint density at radius 3 is 2.75 bits per heavy atom. The zero-order chi connectivity index (χ0) is 24.2. The number of hydrogen-bond acceptors (Lipinski definition) is 6. The molecule has 6 aliphatic rings. The third kappa shape index (κ3) is 2.01. The lowest BCUT2D eigenvalue weighted by Gasteiger charge is -2.41. The molecule has 9 rings (SSSR count). The fourth-order valence-electron chi connectivity index (χ4n) is 8.26. The fourth-order valence-corrected chi connectivity index (χ4v) is 9.38. The Morgan fingerprint density at radius 1 is 1.03 bits per heavy atom. The van der Waals surface area contributed by atoms with E-state index in [0.29, 0.717) is 11.1 Å². The normalized spacial score (nSPS) is 31.6. The number of carbonyl (C=O) groups is 2. The van der Waals surface area contributed by atoms with Crippen LogP contribution in [0.5, 0.6) is 0 Å². The van der Waals surface area contributed by atoms with Gasteiger partial charge in [-0.2, -0.15) is 0 Å². The number of allylic oxidation sites excluding steroid dienone is 1. The van der Waals surface area contributed by atoms with Crippen molar-refractivity contribution in [2.75, 3.05) is 11.4 Å². The van der Waals surface area contributed by atoms with Gasteiger partial charge in [-0.15, -0.1) is 0 Å². The molecule has 6 atom stereocenters. The van der Waals surface area contributed by atoms with Crippen molar-refractivity contribution >= 4 is 45.2 Å². The first kappa shape index (κ1) is 19.9. The van der Waals surface area contributed by atoms with Gasteiger partial charge in [0, 0.05) is 44.9 Å². The largest absolute Gasteiger partial charge is 0.386 e. The molecule has 3 aromatic rings. The van der Waals surface area contributed by atoms with E-state index in [1.807, 2.05) is 18.2 Å². The van der Waals surface area contributed by atoms with Crippen molar-refractivity contribution in [1.29, 1.82) is 0 Å². The zero-order valence-corrected chi connectivity index (χ0v) is 20.2. The molecule has 3 heterocycles. The summed E-state index contributed by atoms with van der Waals surface area (Å²) in [5.74, 6) is 0.563. The number of benzene rings is 3. The fraction of sp³-hybridized carbons (Fsp3) is 0.267. The van der Waals surface area contributed by atoms with Crippen LogP contribution in [-0.4, -0.2) is 33.8 Å². The van der Waals surface area contributed by atoms with Crippen LogP contribution in [0.3, 0.4) is 0 Å². The monoisotopic (exact) mass is 491 g/mol. The SMILES string of the molecule is CC1=CC(=O)[C@H]2c3cccc4c3[C@H]3[C@@H]1[C@@H]2CN3c1ccc2c3c(c5c(c-4c13)C=C[C@@H](O)[C@@H]5O)SC2=O. The molecule has 36 heavy (non-hydrogen) atoms. The standard InChI is InChI=1S/C30H21NO4S/c1-11-9-19(33)21-12-3-2-4-13-22-14-6-8-18(32)28(34)25(14)29-24-15(30(35)36-29)5-7-17(26(22)24)31-10-16(21)20(11)27(31)23(12)13/h2-9,16,18,20-21,27-28,32,34H,10H2,1H3/t16-,18+,20-,21-,27+,28-/m0/s1. The predicted molar refractivity (Wildman–Crippen MR) is 138 cm³/mol. The predicted octanol–water partition coefficient (Wildman–Crippen LogP) is 4.91. The van der Waals surface area contributed by atoms with Gasteiger partial charge in [-0.25, -0.2) is 0 Å². The third-order valence-electron chi connectivity index (χ3n) is 9.48. The molecule has 1 fully saturated rings. The van der Waals surface area contributed by atoms with Crippen LogP contribution in [-0.2, 0) is 4.79 Å². The summed E-state index contributed by atoms with van der Waals surface area (Å²) in [6.07, 6.45) is 3.30. The summed E-state index contributed by atoms with van der Waals surface area (Å²) in [7, 11) is 0. The van der Waals surface area contributed by atoms with E-state index in [-0.39, 0.29) is 34.7 Å². The lowest BCUT2D eigenvalue weighted by atomic mass is 9.61.